The second-order valence-corrected chi connectivity index (χ2v) is 4.89. The third-order valence-electron chi connectivity index (χ3n) is 2.97. The number of benzene rings is 1. The summed E-state index contributed by atoms with van der Waals surface area (Å²) in [5.74, 6) is -1.44. The van der Waals surface area contributed by atoms with Crippen molar-refractivity contribution >= 4 is 29.2 Å². The first-order valence-corrected chi connectivity index (χ1v) is 6.52. The third-order valence-corrected chi connectivity index (χ3v) is 3.16. The minimum atomic E-state index is -1.09. The van der Waals surface area contributed by atoms with Crippen LogP contribution in [0, 0.1) is 6.92 Å². The molecule has 0 aliphatic carbocycles. The molecule has 0 aliphatic heterocycles. The van der Waals surface area contributed by atoms with Gasteiger partial charge >= 0.3 is 5.97 Å². The highest BCUT2D eigenvalue weighted by Gasteiger charge is 2.19. The zero-order chi connectivity index (χ0) is 15.6. The van der Waals surface area contributed by atoms with Gasteiger partial charge in [-0.1, -0.05) is 23.7 Å². The number of carbonyl (C=O) groups excluding carboxylic acids is 1. The van der Waals surface area contributed by atoms with Crippen molar-refractivity contribution in [2.45, 2.75) is 6.92 Å². The summed E-state index contributed by atoms with van der Waals surface area (Å²) in [6, 6.07) is 9.38. The van der Waals surface area contributed by atoms with E-state index < -0.39 is 5.97 Å². The van der Waals surface area contributed by atoms with Crippen molar-refractivity contribution in [3.05, 3.63) is 58.4 Å². The van der Waals surface area contributed by atoms with Gasteiger partial charge in [0.2, 0.25) is 0 Å². The van der Waals surface area contributed by atoms with Crippen LogP contribution in [0.4, 0.5) is 5.69 Å². The molecule has 0 unspecified atom stereocenters. The summed E-state index contributed by atoms with van der Waals surface area (Å²) in [6.45, 7) is 1.73. The van der Waals surface area contributed by atoms with Crippen molar-refractivity contribution < 1.29 is 14.7 Å². The molecule has 6 heteroatoms. The molecular formula is C15H13ClN2O3. The zero-order valence-electron chi connectivity index (χ0n) is 11.5. The Kier molecular flexibility index (Phi) is 4.23. The lowest BCUT2D eigenvalue weighted by atomic mass is 10.1. The number of para-hydroxylation sites is 1. The highest BCUT2D eigenvalue weighted by atomic mass is 35.5. The fraction of sp³-hybridized carbons (Fsp3) is 0.133. The summed E-state index contributed by atoms with van der Waals surface area (Å²) in [5.41, 5.74) is 1.35. The van der Waals surface area contributed by atoms with Crippen LogP contribution in [-0.4, -0.2) is 29.0 Å². The van der Waals surface area contributed by atoms with E-state index >= 15 is 0 Å². The highest BCUT2D eigenvalue weighted by molar-refractivity contribution is 6.30. The Morgan fingerprint density at radius 3 is 2.52 bits per heavy atom. The van der Waals surface area contributed by atoms with Gasteiger partial charge in [-0.25, -0.2) is 9.78 Å². The molecule has 0 fully saturated rings. The van der Waals surface area contributed by atoms with Gasteiger partial charge in [0.25, 0.3) is 5.91 Å². The van der Waals surface area contributed by atoms with Gasteiger partial charge in [0.1, 0.15) is 5.15 Å². The summed E-state index contributed by atoms with van der Waals surface area (Å²) in [6.07, 6.45) is 0. The third kappa shape index (κ3) is 3.20. The van der Waals surface area contributed by atoms with Crippen LogP contribution >= 0.6 is 11.6 Å². The number of rotatable bonds is 3. The van der Waals surface area contributed by atoms with Crippen LogP contribution in [0.1, 0.15) is 26.4 Å². The summed E-state index contributed by atoms with van der Waals surface area (Å²) in [4.78, 5) is 29.0. The first-order chi connectivity index (χ1) is 9.90. The standard InChI is InChI=1S/C15H13ClN2O3/c1-9-7-10(8-13(16)17-9)14(19)18(2)12-6-4-3-5-11(12)15(20)21/h3-8H,1-2H3,(H,20,21). The molecular weight excluding hydrogens is 292 g/mol. The van der Waals surface area contributed by atoms with E-state index in [-0.39, 0.29) is 16.6 Å². The quantitative estimate of drug-likeness (QED) is 0.885. The SMILES string of the molecule is Cc1cc(C(=O)N(C)c2ccccc2C(=O)O)cc(Cl)n1. The number of carboxylic acids is 1. The average Bonchev–Trinajstić information content (AvgIpc) is 2.44. The molecule has 1 amide bonds. The molecule has 1 heterocycles. The van der Waals surface area contributed by atoms with Gasteiger partial charge in [-0.05, 0) is 31.2 Å². The highest BCUT2D eigenvalue weighted by Crippen LogP contribution is 2.22. The number of pyridine rings is 1. The van der Waals surface area contributed by atoms with Gasteiger partial charge in [0.05, 0.1) is 11.3 Å². The van der Waals surface area contributed by atoms with Crippen LogP contribution < -0.4 is 4.90 Å². The van der Waals surface area contributed by atoms with Crippen LogP contribution in [0.2, 0.25) is 5.15 Å². The van der Waals surface area contributed by atoms with E-state index in [2.05, 4.69) is 4.98 Å². The van der Waals surface area contributed by atoms with Crippen LogP contribution in [-0.2, 0) is 0 Å². The largest absolute Gasteiger partial charge is 0.478 e. The van der Waals surface area contributed by atoms with E-state index in [1.165, 1.54) is 24.1 Å². The summed E-state index contributed by atoms with van der Waals surface area (Å²) >= 11 is 5.85. The smallest absolute Gasteiger partial charge is 0.337 e. The molecule has 1 N–H and O–H groups in total. The van der Waals surface area contributed by atoms with Crippen molar-refractivity contribution in [3.63, 3.8) is 0 Å². The van der Waals surface area contributed by atoms with E-state index in [0.29, 0.717) is 16.9 Å². The number of carbonyl (C=O) groups is 2. The summed E-state index contributed by atoms with van der Waals surface area (Å²) in [5, 5.41) is 9.41. The second kappa shape index (κ2) is 5.93. The molecule has 1 aromatic carbocycles. The fourth-order valence-electron chi connectivity index (χ4n) is 2.00. The Balaban J connectivity index is 2.42. The Bertz CT molecular complexity index is 696. The monoisotopic (exact) mass is 304 g/mol. The number of anilines is 1. The number of aromatic nitrogens is 1. The van der Waals surface area contributed by atoms with Crippen LogP contribution in [0.3, 0.4) is 0 Å². The molecule has 108 valence electrons. The first-order valence-electron chi connectivity index (χ1n) is 6.14. The number of carboxylic acid groups (broad SMARTS) is 1. The van der Waals surface area contributed by atoms with Crippen molar-refractivity contribution in [3.8, 4) is 0 Å². The van der Waals surface area contributed by atoms with E-state index in [1.807, 2.05) is 0 Å². The molecule has 0 radical (unpaired) electrons. The Morgan fingerprint density at radius 1 is 1.24 bits per heavy atom. The number of halogens is 1. The number of hydrogen-bond donors (Lipinski definition) is 1. The number of aromatic carboxylic acids is 1. The van der Waals surface area contributed by atoms with E-state index in [4.69, 9.17) is 11.6 Å². The van der Waals surface area contributed by atoms with Gasteiger partial charge in [-0.2, -0.15) is 0 Å². The summed E-state index contributed by atoms with van der Waals surface area (Å²) in [7, 11) is 1.52. The van der Waals surface area contributed by atoms with Gasteiger partial charge in [-0.3, -0.25) is 4.79 Å². The van der Waals surface area contributed by atoms with E-state index in [9.17, 15) is 14.7 Å². The van der Waals surface area contributed by atoms with Gasteiger partial charge in [0, 0.05) is 18.3 Å². The molecule has 0 aliphatic rings. The second-order valence-electron chi connectivity index (χ2n) is 4.51. The molecule has 1 aromatic heterocycles. The molecule has 0 saturated carbocycles. The molecule has 0 saturated heterocycles. The number of amides is 1. The predicted octanol–water partition coefficient (Wildman–Crippen LogP) is 3.02. The van der Waals surface area contributed by atoms with Crippen molar-refractivity contribution in [2.75, 3.05) is 11.9 Å². The molecule has 0 bridgehead atoms. The van der Waals surface area contributed by atoms with Crippen LogP contribution in [0.5, 0.6) is 0 Å². The van der Waals surface area contributed by atoms with E-state index in [1.54, 1.807) is 31.2 Å². The zero-order valence-corrected chi connectivity index (χ0v) is 12.3. The number of hydrogen-bond acceptors (Lipinski definition) is 3. The fourth-order valence-corrected chi connectivity index (χ4v) is 2.25. The maximum atomic E-state index is 12.5. The molecule has 21 heavy (non-hydrogen) atoms. The van der Waals surface area contributed by atoms with Crippen LogP contribution in [0.15, 0.2) is 36.4 Å². The molecule has 0 spiro atoms. The minimum absolute atomic E-state index is 0.0604. The lowest BCUT2D eigenvalue weighted by Gasteiger charge is -2.19. The maximum absolute atomic E-state index is 12.5. The Morgan fingerprint density at radius 2 is 1.90 bits per heavy atom. The van der Waals surface area contributed by atoms with Crippen molar-refractivity contribution in [1.82, 2.24) is 4.98 Å². The topological polar surface area (TPSA) is 70.5 Å². The normalized spacial score (nSPS) is 10.2. The van der Waals surface area contributed by atoms with Gasteiger partial charge in [-0.15, -0.1) is 0 Å². The van der Waals surface area contributed by atoms with Crippen molar-refractivity contribution in [2.24, 2.45) is 0 Å². The average molecular weight is 305 g/mol. The lowest BCUT2D eigenvalue weighted by Crippen LogP contribution is -2.28. The van der Waals surface area contributed by atoms with Crippen LogP contribution in [0.25, 0.3) is 0 Å². The lowest BCUT2D eigenvalue weighted by molar-refractivity contribution is 0.0697. The number of nitrogens with zero attached hydrogens (tertiary/aromatic N) is 2. The summed E-state index contributed by atoms with van der Waals surface area (Å²) < 4.78 is 0. The molecule has 2 aromatic rings. The molecule has 2 rings (SSSR count). The van der Waals surface area contributed by atoms with Gasteiger partial charge in [0.15, 0.2) is 0 Å². The predicted molar refractivity (Wildman–Crippen MR) is 80.1 cm³/mol. The van der Waals surface area contributed by atoms with Gasteiger partial charge < -0.3 is 10.0 Å². The Hall–Kier alpha value is -2.40. The van der Waals surface area contributed by atoms with Crippen molar-refractivity contribution in [1.29, 1.82) is 0 Å². The Labute approximate surface area is 126 Å². The first kappa shape index (κ1) is 15.0. The molecule has 5 nitrogen and oxygen atoms in total. The van der Waals surface area contributed by atoms with E-state index in [0.717, 1.165) is 0 Å². The maximum Gasteiger partial charge on any atom is 0.337 e. The minimum Gasteiger partial charge on any atom is -0.478 e. The molecule has 0 atom stereocenters. The number of aryl methyl sites for hydroxylation is 1.